The van der Waals surface area contributed by atoms with E-state index in [0.717, 1.165) is 0 Å². The topological polar surface area (TPSA) is 67.4 Å². The second-order valence-corrected chi connectivity index (χ2v) is 8.70. The van der Waals surface area contributed by atoms with Crippen LogP contribution in [-0.2, 0) is 23.1 Å². The van der Waals surface area contributed by atoms with Gasteiger partial charge < -0.3 is 10.1 Å². The second-order valence-electron chi connectivity index (χ2n) is 7.05. The van der Waals surface area contributed by atoms with Gasteiger partial charge in [0.05, 0.1) is 4.90 Å². The van der Waals surface area contributed by atoms with E-state index in [1.807, 2.05) is 0 Å². The van der Waals surface area contributed by atoms with Crippen LogP contribution in [0.1, 0.15) is 31.9 Å². The molecule has 0 saturated carbocycles. The number of hydrogen-bond donors (Lipinski definition) is 2. The van der Waals surface area contributed by atoms with Gasteiger partial charge in [-0.05, 0) is 38.5 Å². The van der Waals surface area contributed by atoms with Crippen LogP contribution in [0.2, 0.25) is 0 Å². The highest BCUT2D eigenvalue weighted by atomic mass is 32.2. The highest BCUT2D eigenvalue weighted by Crippen LogP contribution is 2.21. The molecule has 0 aromatic heterocycles. The minimum absolute atomic E-state index is 0.0929. The third-order valence-corrected chi connectivity index (χ3v) is 5.38. The summed E-state index contributed by atoms with van der Waals surface area (Å²) in [6, 6.07) is 13.1. The summed E-state index contributed by atoms with van der Waals surface area (Å²) in [6.45, 7) is 2.91. The van der Waals surface area contributed by atoms with Gasteiger partial charge in [0.2, 0.25) is 10.0 Å². The van der Waals surface area contributed by atoms with Crippen molar-refractivity contribution in [1.29, 1.82) is 0 Å². The summed E-state index contributed by atoms with van der Waals surface area (Å²) >= 11 is 0. The Labute approximate surface area is 158 Å². The van der Waals surface area contributed by atoms with Gasteiger partial charge in [-0.2, -0.15) is 8.78 Å². The van der Waals surface area contributed by atoms with Crippen LogP contribution >= 0.6 is 0 Å². The first-order chi connectivity index (χ1) is 12.6. The molecule has 0 fully saturated rings. The van der Waals surface area contributed by atoms with Crippen molar-refractivity contribution in [2.24, 2.45) is 0 Å². The third-order valence-electron chi connectivity index (χ3n) is 3.52. The molecule has 0 heterocycles. The summed E-state index contributed by atoms with van der Waals surface area (Å²) in [7, 11) is -3.68. The molecule has 27 heavy (non-hydrogen) atoms. The molecule has 0 aliphatic rings. The average molecular weight is 398 g/mol. The Bertz CT molecular complexity index is 865. The number of alkyl halides is 2. The Balaban J connectivity index is 2.12. The maximum absolute atomic E-state index is 12.6. The number of para-hydroxylation sites is 1. The first-order valence-corrected chi connectivity index (χ1v) is 9.92. The molecule has 0 atom stereocenters. The number of hydrogen-bond acceptors (Lipinski definition) is 4. The molecule has 0 saturated heterocycles. The molecule has 8 heteroatoms. The Hall–Kier alpha value is -2.03. The fraction of sp³-hybridized carbons (Fsp3) is 0.368. The summed E-state index contributed by atoms with van der Waals surface area (Å²) in [5, 5.41) is 3.09. The van der Waals surface area contributed by atoms with E-state index in [1.165, 1.54) is 6.07 Å². The van der Waals surface area contributed by atoms with Crippen molar-refractivity contribution in [3.05, 3.63) is 59.7 Å². The van der Waals surface area contributed by atoms with E-state index >= 15 is 0 Å². The number of rotatable bonds is 8. The lowest BCUT2D eigenvalue weighted by Gasteiger charge is -2.21. The van der Waals surface area contributed by atoms with Crippen molar-refractivity contribution in [2.75, 3.05) is 0 Å². The first-order valence-electron chi connectivity index (χ1n) is 8.44. The van der Waals surface area contributed by atoms with Crippen LogP contribution in [0.15, 0.2) is 53.4 Å². The zero-order valence-electron chi connectivity index (χ0n) is 15.5. The lowest BCUT2D eigenvalue weighted by Crippen LogP contribution is -2.40. The van der Waals surface area contributed by atoms with Crippen molar-refractivity contribution in [2.45, 2.75) is 50.9 Å². The van der Waals surface area contributed by atoms with E-state index in [0.29, 0.717) is 11.1 Å². The van der Waals surface area contributed by atoms with Crippen molar-refractivity contribution < 1.29 is 21.9 Å². The van der Waals surface area contributed by atoms with E-state index < -0.39 is 22.2 Å². The summed E-state index contributed by atoms with van der Waals surface area (Å²) in [5.74, 6) is 0.0929. The molecule has 2 aromatic rings. The minimum atomic E-state index is -3.68. The van der Waals surface area contributed by atoms with Crippen LogP contribution in [0.3, 0.4) is 0 Å². The number of halogens is 2. The van der Waals surface area contributed by atoms with Crippen molar-refractivity contribution >= 4 is 10.0 Å². The fourth-order valence-corrected chi connectivity index (χ4v) is 4.22. The maximum Gasteiger partial charge on any atom is 0.387 e. The summed E-state index contributed by atoms with van der Waals surface area (Å²) in [6.07, 6.45) is 0. The van der Waals surface area contributed by atoms with Gasteiger partial charge in [0.25, 0.3) is 0 Å². The smallest absolute Gasteiger partial charge is 0.387 e. The van der Waals surface area contributed by atoms with Gasteiger partial charge >= 0.3 is 6.61 Å². The minimum Gasteiger partial charge on any atom is -0.434 e. The molecular formula is C19H24F2N2O3S. The molecule has 0 unspecified atom stereocenters. The largest absolute Gasteiger partial charge is 0.434 e. The molecule has 0 spiro atoms. The predicted molar refractivity (Wildman–Crippen MR) is 100 cm³/mol. The van der Waals surface area contributed by atoms with E-state index in [2.05, 4.69) is 14.8 Å². The molecule has 0 bridgehead atoms. The van der Waals surface area contributed by atoms with Crippen LogP contribution < -0.4 is 14.8 Å². The van der Waals surface area contributed by atoms with Gasteiger partial charge in [-0.3, -0.25) is 0 Å². The number of sulfonamides is 1. The summed E-state index contributed by atoms with van der Waals surface area (Å²) in [5.41, 5.74) is 0.540. The van der Waals surface area contributed by atoms with Crippen LogP contribution in [0.5, 0.6) is 5.75 Å². The number of benzene rings is 2. The quantitative estimate of drug-likeness (QED) is 0.712. The van der Waals surface area contributed by atoms with Gasteiger partial charge in [-0.1, -0.05) is 36.4 Å². The van der Waals surface area contributed by atoms with Crippen LogP contribution in [0.4, 0.5) is 8.78 Å². The Kier molecular flexibility index (Phi) is 6.91. The van der Waals surface area contributed by atoms with Gasteiger partial charge in [0.15, 0.2) is 0 Å². The van der Waals surface area contributed by atoms with Gasteiger partial charge in [-0.15, -0.1) is 0 Å². The molecule has 0 aliphatic carbocycles. The highest BCUT2D eigenvalue weighted by Gasteiger charge is 2.24. The molecule has 5 nitrogen and oxygen atoms in total. The molecule has 2 aromatic carbocycles. The summed E-state index contributed by atoms with van der Waals surface area (Å²) < 4.78 is 57.4. The molecule has 148 valence electrons. The molecule has 2 N–H and O–H groups in total. The molecule has 0 radical (unpaired) electrons. The molecule has 2 rings (SSSR count). The summed E-state index contributed by atoms with van der Waals surface area (Å²) in [4.78, 5) is 0.185. The van der Waals surface area contributed by atoms with Crippen LogP contribution in [-0.4, -0.2) is 20.6 Å². The lowest BCUT2D eigenvalue weighted by atomic mass is 10.1. The zero-order chi connectivity index (χ0) is 20.1. The maximum atomic E-state index is 12.6. The second kappa shape index (κ2) is 8.77. The average Bonchev–Trinajstić information content (AvgIpc) is 2.54. The third kappa shape index (κ3) is 6.57. The van der Waals surface area contributed by atoms with Crippen molar-refractivity contribution in [3.63, 3.8) is 0 Å². The van der Waals surface area contributed by atoms with Crippen LogP contribution in [0, 0.1) is 0 Å². The molecule has 0 amide bonds. The zero-order valence-corrected chi connectivity index (χ0v) is 16.3. The van der Waals surface area contributed by atoms with E-state index in [1.54, 1.807) is 63.2 Å². The Morgan fingerprint density at radius 2 is 1.52 bits per heavy atom. The van der Waals surface area contributed by atoms with Gasteiger partial charge in [0.1, 0.15) is 5.75 Å². The van der Waals surface area contributed by atoms with E-state index in [9.17, 15) is 17.2 Å². The van der Waals surface area contributed by atoms with Crippen molar-refractivity contribution in [3.8, 4) is 5.75 Å². The first kappa shape index (κ1) is 21.3. The van der Waals surface area contributed by atoms with Gasteiger partial charge in [0, 0.05) is 24.2 Å². The monoisotopic (exact) mass is 398 g/mol. The molecule has 0 aliphatic heterocycles. The number of ether oxygens (including phenoxy) is 1. The lowest BCUT2D eigenvalue weighted by molar-refractivity contribution is -0.0505. The highest BCUT2D eigenvalue weighted by molar-refractivity contribution is 7.89. The van der Waals surface area contributed by atoms with E-state index in [4.69, 9.17) is 0 Å². The SMILES string of the molecule is CC(C)(C)NS(=O)(=O)c1ccccc1CNCc1ccccc1OC(F)F. The molecular weight excluding hydrogens is 374 g/mol. The Morgan fingerprint density at radius 1 is 0.963 bits per heavy atom. The van der Waals surface area contributed by atoms with E-state index in [-0.39, 0.29) is 23.7 Å². The van der Waals surface area contributed by atoms with Crippen molar-refractivity contribution in [1.82, 2.24) is 10.0 Å². The normalized spacial score (nSPS) is 12.4. The standard InChI is InChI=1S/C19H24F2N2O3S/c1-19(2,3)23-27(24,25)17-11-7-5-9-15(17)13-22-12-14-8-4-6-10-16(14)26-18(20)21/h4-11,18,22-23H,12-13H2,1-3H3. The predicted octanol–water partition coefficient (Wildman–Crippen LogP) is 3.65. The van der Waals surface area contributed by atoms with Crippen LogP contribution in [0.25, 0.3) is 0 Å². The fourth-order valence-electron chi connectivity index (χ4n) is 2.56. The number of nitrogens with one attached hydrogen (secondary N) is 2. The Morgan fingerprint density at radius 3 is 2.15 bits per heavy atom. The van der Waals surface area contributed by atoms with Gasteiger partial charge in [-0.25, -0.2) is 13.1 Å².